The van der Waals surface area contributed by atoms with E-state index in [9.17, 15) is 4.79 Å². The number of rotatable bonds is 4. The number of aryl methyl sites for hydroxylation is 2. The third-order valence-corrected chi connectivity index (χ3v) is 2.80. The molecule has 2 N–H and O–H groups in total. The minimum absolute atomic E-state index is 0.000318. The van der Waals surface area contributed by atoms with Crippen molar-refractivity contribution in [2.75, 3.05) is 0 Å². The molecule has 0 saturated carbocycles. The Morgan fingerprint density at radius 3 is 2.82 bits per heavy atom. The van der Waals surface area contributed by atoms with E-state index in [4.69, 9.17) is 5.73 Å². The third-order valence-electron chi connectivity index (χ3n) is 2.80. The number of aromatic nitrogens is 3. The summed E-state index contributed by atoms with van der Waals surface area (Å²) in [5.74, 6) is 0. The first-order chi connectivity index (χ1) is 8.22. The molecule has 2 aromatic heterocycles. The van der Waals surface area contributed by atoms with Crippen LogP contribution in [0.3, 0.4) is 0 Å². The Morgan fingerprint density at radius 1 is 1.35 bits per heavy atom. The van der Waals surface area contributed by atoms with Crippen LogP contribution < -0.4 is 11.3 Å². The first-order valence-corrected chi connectivity index (χ1v) is 5.59. The van der Waals surface area contributed by atoms with Crippen LogP contribution in [0.1, 0.15) is 11.3 Å². The van der Waals surface area contributed by atoms with Crippen LogP contribution in [0.4, 0.5) is 0 Å². The predicted molar refractivity (Wildman–Crippen MR) is 65.6 cm³/mol. The third kappa shape index (κ3) is 2.45. The van der Waals surface area contributed by atoms with Crippen LogP contribution >= 0.6 is 0 Å². The monoisotopic (exact) mass is 232 g/mol. The molecule has 0 aromatic carbocycles. The number of hydrogen-bond donors (Lipinski definition) is 1. The molecular formula is C12H16N4O. The average molecular weight is 232 g/mol. The molecule has 90 valence electrons. The summed E-state index contributed by atoms with van der Waals surface area (Å²) in [6.07, 6.45) is 3.61. The van der Waals surface area contributed by atoms with Crippen molar-refractivity contribution < 1.29 is 0 Å². The van der Waals surface area contributed by atoms with Gasteiger partial charge < -0.3 is 10.3 Å². The van der Waals surface area contributed by atoms with Crippen LogP contribution in [0.25, 0.3) is 0 Å². The maximum absolute atomic E-state index is 12.0. The lowest BCUT2D eigenvalue weighted by Crippen LogP contribution is -2.28. The van der Waals surface area contributed by atoms with Gasteiger partial charge in [0.15, 0.2) is 0 Å². The molecule has 2 rings (SSSR count). The highest BCUT2D eigenvalue weighted by atomic mass is 16.1. The zero-order chi connectivity index (χ0) is 12.3. The van der Waals surface area contributed by atoms with E-state index >= 15 is 0 Å². The van der Waals surface area contributed by atoms with Gasteiger partial charge in [-0.05, 0) is 19.1 Å². The van der Waals surface area contributed by atoms with Crippen molar-refractivity contribution in [3.8, 4) is 0 Å². The van der Waals surface area contributed by atoms with Crippen molar-refractivity contribution in [3.05, 3.63) is 52.2 Å². The SMILES string of the molecule is Cc1ccc(CN)c(=O)n1CCn1cccn1. The zero-order valence-corrected chi connectivity index (χ0v) is 9.84. The van der Waals surface area contributed by atoms with Crippen LogP contribution in [0, 0.1) is 6.92 Å². The van der Waals surface area contributed by atoms with Crippen LogP contribution in [-0.2, 0) is 19.6 Å². The number of nitrogens with zero attached hydrogens (tertiary/aromatic N) is 3. The van der Waals surface area contributed by atoms with Gasteiger partial charge in [-0.25, -0.2) is 0 Å². The Labute approximate surface area is 99.5 Å². The smallest absolute Gasteiger partial charge is 0.255 e. The van der Waals surface area contributed by atoms with E-state index in [2.05, 4.69) is 5.10 Å². The minimum atomic E-state index is -0.000318. The Kier molecular flexibility index (Phi) is 3.39. The highest BCUT2D eigenvalue weighted by Crippen LogP contribution is 1.99. The second-order valence-electron chi connectivity index (χ2n) is 3.93. The number of hydrogen-bond acceptors (Lipinski definition) is 3. The Balaban J connectivity index is 2.23. The van der Waals surface area contributed by atoms with E-state index < -0.39 is 0 Å². The fourth-order valence-electron chi connectivity index (χ4n) is 1.78. The van der Waals surface area contributed by atoms with Crippen molar-refractivity contribution >= 4 is 0 Å². The molecule has 5 nitrogen and oxygen atoms in total. The van der Waals surface area contributed by atoms with E-state index in [0.29, 0.717) is 18.7 Å². The lowest BCUT2D eigenvalue weighted by Gasteiger charge is -2.11. The normalized spacial score (nSPS) is 10.7. The summed E-state index contributed by atoms with van der Waals surface area (Å²) in [5.41, 5.74) is 7.12. The number of pyridine rings is 1. The molecule has 5 heteroatoms. The highest BCUT2D eigenvalue weighted by Gasteiger charge is 2.04. The summed E-state index contributed by atoms with van der Waals surface area (Å²) in [5, 5.41) is 4.11. The average Bonchev–Trinajstić information content (AvgIpc) is 2.82. The van der Waals surface area contributed by atoms with E-state index in [1.54, 1.807) is 21.5 Å². The van der Waals surface area contributed by atoms with Crippen LogP contribution in [-0.4, -0.2) is 14.3 Å². The van der Waals surface area contributed by atoms with E-state index in [-0.39, 0.29) is 12.1 Å². The molecule has 0 unspecified atom stereocenters. The standard InChI is InChI=1S/C12H16N4O/c1-10-3-4-11(9-13)12(17)16(10)8-7-15-6-2-5-14-15/h2-6H,7-9,13H2,1H3. The van der Waals surface area contributed by atoms with E-state index in [1.165, 1.54) is 0 Å². The Bertz CT molecular complexity index is 542. The summed E-state index contributed by atoms with van der Waals surface area (Å²) < 4.78 is 3.55. The molecule has 0 bridgehead atoms. The molecule has 0 aliphatic rings. The molecule has 0 fully saturated rings. The first-order valence-electron chi connectivity index (χ1n) is 5.59. The molecule has 2 aromatic rings. The van der Waals surface area contributed by atoms with Gasteiger partial charge in [-0.3, -0.25) is 9.48 Å². The van der Waals surface area contributed by atoms with Crippen molar-refractivity contribution in [1.82, 2.24) is 14.3 Å². The second-order valence-corrected chi connectivity index (χ2v) is 3.93. The van der Waals surface area contributed by atoms with Gasteiger partial charge in [-0.2, -0.15) is 5.10 Å². The molecule has 0 saturated heterocycles. The zero-order valence-electron chi connectivity index (χ0n) is 9.84. The van der Waals surface area contributed by atoms with E-state index in [0.717, 1.165) is 5.69 Å². The predicted octanol–water partition coefficient (Wildman–Crippen LogP) is 0.512. The molecule has 0 atom stereocenters. The quantitative estimate of drug-likeness (QED) is 0.835. The van der Waals surface area contributed by atoms with Crippen molar-refractivity contribution in [2.24, 2.45) is 5.73 Å². The van der Waals surface area contributed by atoms with E-state index in [1.807, 2.05) is 25.3 Å². The van der Waals surface area contributed by atoms with Crippen LogP contribution in [0.5, 0.6) is 0 Å². The summed E-state index contributed by atoms with van der Waals surface area (Å²) in [6, 6.07) is 5.58. The van der Waals surface area contributed by atoms with Crippen molar-refractivity contribution in [2.45, 2.75) is 26.6 Å². The largest absolute Gasteiger partial charge is 0.326 e. The molecular weight excluding hydrogens is 216 g/mol. The Hall–Kier alpha value is -1.88. The molecule has 2 heterocycles. The van der Waals surface area contributed by atoms with Gasteiger partial charge in [0.05, 0.1) is 6.54 Å². The molecule has 17 heavy (non-hydrogen) atoms. The summed E-state index contributed by atoms with van der Waals surface area (Å²) >= 11 is 0. The molecule has 0 spiro atoms. The summed E-state index contributed by atoms with van der Waals surface area (Å²) in [7, 11) is 0. The minimum Gasteiger partial charge on any atom is -0.326 e. The maximum Gasteiger partial charge on any atom is 0.255 e. The van der Waals surface area contributed by atoms with Gasteiger partial charge in [-0.15, -0.1) is 0 Å². The molecule has 0 aliphatic carbocycles. The van der Waals surface area contributed by atoms with Gasteiger partial charge in [0.25, 0.3) is 5.56 Å². The molecule has 0 aliphatic heterocycles. The van der Waals surface area contributed by atoms with Gasteiger partial charge in [0.2, 0.25) is 0 Å². The fraction of sp³-hybridized carbons (Fsp3) is 0.333. The first kappa shape index (κ1) is 11.6. The van der Waals surface area contributed by atoms with Crippen molar-refractivity contribution in [1.29, 1.82) is 0 Å². The summed E-state index contributed by atoms with van der Waals surface area (Å²) in [6.45, 7) is 3.49. The fourth-order valence-corrected chi connectivity index (χ4v) is 1.78. The van der Waals surface area contributed by atoms with Gasteiger partial charge in [-0.1, -0.05) is 6.07 Å². The lowest BCUT2D eigenvalue weighted by atomic mass is 10.2. The van der Waals surface area contributed by atoms with Gasteiger partial charge in [0, 0.05) is 36.7 Å². The highest BCUT2D eigenvalue weighted by molar-refractivity contribution is 5.15. The lowest BCUT2D eigenvalue weighted by molar-refractivity contribution is 0.514. The Morgan fingerprint density at radius 2 is 2.18 bits per heavy atom. The topological polar surface area (TPSA) is 65.8 Å². The van der Waals surface area contributed by atoms with Crippen LogP contribution in [0.2, 0.25) is 0 Å². The van der Waals surface area contributed by atoms with Gasteiger partial charge in [0.1, 0.15) is 0 Å². The van der Waals surface area contributed by atoms with Gasteiger partial charge >= 0.3 is 0 Å². The molecule has 0 radical (unpaired) electrons. The van der Waals surface area contributed by atoms with Crippen LogP contribution in [0.15, 0.2) is 35.4 Å². The molecule has 0 amide bonds. The van der Waals surface area contributed by atoms with Crippen molar-refractivity contribution in [3.63, 3.8) is 0 Å². The maximum atomic E-state index is 12.0. The number of nitrogens with two attached hydrogens (primary N) is 1. The summed E-state index contributed by atoms with van der Waals surface area (Å²) in [4.78, 5) is 12.0. The second kappa shape index (κ2) is 4.97.